The molecule has 6 nitrogen and oxygen atoms in total. The molecule has 1 atom stereocenters. The molecule has 25 heavy (non-hydrogen) atoms. The topological polar surface area (TPSA) is 87.7 Å². The predicted octanol–water partition coefficient (Wildman–Crippen LogP) is 3.07. The minimum Gasteiger partial charge on any atom is -0.506 e. The second kappa shape index (κ2) is 7.36. The van der Waals surface area contributed by atoms with Crippen LogP contribution in [0, 0.1) is 6.92 Å². The number of rotatable bonds is 4. The molecule has 1 aliphatic heterocycles. The van der Waals surface area contributed by atoms with Gasteiger partial charge in [-0.3, -0.25) is 9.59 Å². The van der Waals surface area contributed by atoms with Crippen LogP contribution in [-0.2, 0) is 9.53 Å². The lowest BCUT2D eigenvalue weighted by Crippen LogP contribution is -2.26. The Morgan fingerprint density at radius 1 is 1.16 bits per heavy atom. The third-order valence-corrected chi connectivity index (χ3v) is 4.13. The lowest BCUT2D eigenvalue weighted by atomic mass is 10.1. The van der Waals surface area contributed by atoms with Gasteiger partial charge >= 0.3 is 0 Å². The highest BCUT2D eigenvalue weighted by molar-refractivity contribution is 6.06. The van der Waals surface area contributed by atoms with Crippen LogP contribution in [0.3, 0.4) is 0 Å². The number of aromatic hydroxyl groups is 1. The monoisotopic (exact) mass is 340 g/mol. The van der Waals surface area contributed by atoms with Crippen LogP contribution in [0.25, 0.3) is 0 Å². The van der Waals surface area contributed by atoms with Crippen molar-refractivity contribution < 1.29 is 19.4 Å². The van der Waals surface area contributed by atoms with Crippen LogP contribution < -0.4 is 10.6 Å². The molecule has 1 aliphatic rings. The van der Waals surface area contributed by atoms with Crippen molar-refractivity contribution in [1.82, 2.24) is 0 Å². The zero-order chi connectivity index (χ0) is 17.8. The van der Waals surface area contributed by atoms with Crippen LogP contribution in [0.4, 0.5) is 11.4 Å². The number of carbonyl (C=O) groups is 2. The number of amides is 2. The van der Waals surface area contributed by atoms with Crippen LogP contribution in [0.2, 0.25) is 0 Å². The van der Waals surface area contributed by atoms with Crippen molar-refractivity contribution in [3.8, 4) is 5.75 Å². The zero-order valence-corrected chi connectivity index (χ0v) is 13.9. The van der Waals surface area contributed by atoms with E-state index in [4.69, 9.17) is 4.74 Å². The van der Waals surface area contributed by atoms with E-state index in [2.05, 4.69) is 10.6 Å². The highest BCUT2D eigenvalue weighted by Crippen LogP contribution is 2.28. The van der Waals surface area contributed by atoms with E-state index in [1.807, 2.05) is 19.1 Å². The van der Waals surface area contributed by atoms with Gasteiger partial charge in [-0.05, 0) is 43.5 Å². The molecule has 1 fully saturated rings. The van der Waals surface area contributed by atoms with E-state index >= 15 is 0 Å². The van der Waals surface area contributed by atoms with Crippen molar-refractivity contribution >= 4 is 23.2 Å². The summed E-state index contributed by atoms with van der Waals surface area (Å²) in [7, 11) is 0. The summed E-state index contributed by atoms with van der Waals surface area (Å²) in [5.74, 6) is -0.648. The normalized spacial score (nSPS) is 16.4. The average Bonchev–Trinajstić information content (AvgIpc) is 3.12. The van der Waals surface area contributed by atoms with Gasteiger partial charge in [0.1, 0.15) is 11.9 Å². The second-order valence-corrected chi connectivity index (χ2v) is 5.99. The van der Waals surface area contributed by atoms with Crippen molar-refractivity contribution in [3.05, 3.63) is 53.6 Å². The first kappa shape index (κ1) is 17.0. The number of phenolic OH excluding ortho intramolecular Hbond substituents is 1. The Hall–Kier alpha value is -2.86. The summed E-state index contributed by atoms with van der Waals surface area (Å²) >= 11 is 0. The van der Waals surface area contributed by atoms with Gasteiger partial charge in [0.05, 0.1) is 5.69 Å². The van der Waals surface area contributed by atoms with Gasteiger partial charge in [-0.2, -0.15) is 0 Å². The van der Waals surface area contributed by atoms with Crippen molar-refractivity contribution in [1.29, 1.82) is 0 Å². The molecule has 6 heteroatoms. The second-order valence-electron chi connectivity index (χ2n) is 5.99. The Kier molecular flexibility index (Phi) is 5.00. The molecule has 2 amide bonds. The molecule has 0 spiro atoms. The van der Waals surface area contributed by atoms with Gasteiger partial charge in [0.2, 0.25) is 0 Å². The standard InChI is InChI=1S/C19H20N2O4/c1-12-5-2-3-6-14(12)18(23)21-15-9-8-13(11-16(15)22)20-19(24)17-7-4-10-25-17/h2-3,5-6,8-9,11,17,22H,4,7,10H2,1H3,(H,20,24)(H,21,23). The first-order valence-corrected chi connectivity index (χ1v) is 8.17. The molecule has 1 saturated heterocycles. The zero-order valence-electron chi connectivity index (χ0n) is 13.9. The van der Waals surface area contributed by atoms with Gasteiger partial charge in [-0.1, -0.05) is 18.2 Å². The van der Waals surface area contributed by atoms with Gasteiger partial charge in [0.25, 0.3) is 11.8 Å². The Morgan fingerprint density at radius 3 is 2.64 bits per heavy atom. The molecule has 0 bridgehead atoms. The van der Waals surface area contributed by atoms with Crippen LogP contribution in [0.5, 0.6) is 5.75 Å². The molecule has 0 aliphatic carbocycles. The molecule has 2 aromatic carbocycles. The van der Waals surface area contributed by atoms with Crippen LogP contribution >= 0.6 is 0 Å². The highest BCUT2D eigenvalue weighted by Gasteiger charge is 2.23. The maximum Gasteiger partial charge on any atom is 0.256 e. The summed E-state index contributed by atoms with van der Waals surface area (Å²) in [6.45, 7) is 2.44. The third-order valence-electron chi connectivity index (χ3n) is 4.13. The van der Waals surface area contributed by atoms with E-state index in [1.54, 1.807) is 24.3 Å². The maximum atomic E-state index is 12.3. The molecule has 1 heterocycles. The first-order chi connectivity index (χ1) is 12.0. The highest BCUT2D eigenvalue weighted by atomic mass is 16.5. The number of nitrogens with one attached hydrogen (secondary N) is 2. The van der Waals surface area contributed by atoms with E-state index in [9.17, 15) is 14.7 Å². The summed E-state index contributed by atoms with van der Waals surface area (Å²) in [5, 5.41) is 15.5. The van der Waals surface area contributed by atoms with Gasteiger partial charge in [0.15, 0.2) is 0 Å². The summed E-state index contributed by atoms with van der Waals surface area (Å²) in [5.41, 5.74) is 2.12. The number of hydrogen-bond donors (Lipinski definition) is 3. The number of ether oxygens (including phenoxy) is 1. The van der Waals surface area contributed by atoms with E-state index in [1.165, 1.54) is 6.07 Å². The Bertz CT molecular complexity index is 798. The van der Waals surface area contributed by atoms with Crippen LogP contribution in [0.15, 0.2) is 42.5 Å². The molecular formula is C19H20N2O4. The average molecular weight is 340 g/mol. The molecular weight excluding hydrogens is 320 g/mol. The van der Waals surface area contributed by atoms with Crippen molar-refractivity contribution in [2.24, 2.45) is 0 Å². The van der Waals surface area contributed by atoms with Crippen LogP contribution in [0.1, 0.15) is 28.8 Å². The van der Waals surface area contributed by atoms with Crippen molar-refractivity contribution in [2.45, 2.75) is 25.9 Å². The molecule has 3 rings (SSSR count). The van der Waals surface area contributed by atoms with Gasteiger partial charge in [0, 0.05) is 23.9 Å². The fourth-order valence-electron chi connectivity index (χ4n) is 2.74. The van der Waals surface area contributed by atoms with Crippen molar-refractivity contribution in [2.75, 3.05) is 17.2 Å². The van der Waals surface area contributed by atoms with E-state index in [0.717, 1.165) is 12.0 Å². The van der Waals surface area contributed by atoms with E-state index in [0.29, 0.717) is 24.3 Å². The largest absolute Gasteiger partial charge is 0.506 e. The summed E-state index contributed by atoms with van der Waals surface area (Å²) in [6, 6.07) is 11.8. The Labute approximate surface area is 145 Å². The molecule has 1 unspecified atom stereocenters. The number of carbonyl (C=O) groups excluding carboxylic acids is 2. The molecule has 0 aromatic heterocycles. The number of phenols is 1. The van der Waals surface area contributed by atoms with Crippen LogP contribution in [-0.4, -0.2) is 29.6 Å². The van der Waals surface area contributed by atoms with Gasteiger partial charge in [-0.15, -0.1) is 0 Å². The fraction of sp³-hybridized carbons (Fsp3) is 0.263. The quantitative estimate of drug-likeness (QED) is 0.747. The molecule has 3 N–H and O–H groups in total. The lowest BCUT2D eigenvalue weighted by Gasteiger charge is -2.13. The summed E-state index contributed by atoms with van der Waals surface area (Å²) in [4.78, 5) is 24.3. The van der Waals surface area contributed by atoms with E-state index < -0.39 is 6.10 Å². The van der Waals surface area contributed by atoms with Crippen molar-refractivity contribution in [3.63, 3.8) is 0 Å². The molecule has 2 aromatic rings. The minimum absolute atomic E-state index is 0.118. The minimum atomic E-state index is -0.442. The van der Waals surface area contributed by atoms with E-state index in [-0.39, 0.29) is 23.3 Å². The Morgan fingerprint density at radius 2 is 1.96 bits per heavy atom. The summed E-state index contributed by atoms with van der Waals surface area (Å²) in [6.07, 6.45) is 1.12. The smallest absolute Gasteiger partial charge is 0.256 e. The lowest BCUT2D eigenvalue weighted by molar-refractivity contribution is -0.124. The summed E-state index contributed by atoms with van der Waals surface area (Å²) < 4.78 is 5.32. The number of hydrogen-bond acceptors (Lipinski definition) is 4. The first-order valence-electron chi connectivity index (χ1n) is 8.17. The predicted molar refractivity (Wildman–Crippen MR) is 94.8 cm³/mol. The fourth-order valence-corrected chi connectivity index (χ4v) is 2.74. The third kappa shape index (κ3) is 3.97. The number of benzene rings is 2. The maximum absolute atomic E-state index is 12.3. The molecule has 0 saturated carbocycles. The number of aryl methyl sites for hydroxylation is 1. The molecule has 130 valence electrons. The van der Waals surface area contributed by atoms with Gasteiger partial charge in [-0.25, -0.2) is 0 Å². The Balaban J connectivity index is 1.68. The number of anilines is 2. The molecule has 0 radical (unpaired) electrons. The van der Waals surface area contributed by atoms with Gasteiger partial charge < -0.3 is 20.5 Å². The SMILES string of the molecule is Cc1ccccc1C(=O)Nc1ccc(NC(=O)C2CCCO2)cc1O.